The Kier molecular flexibility index (Phi) is 4.34. The molecule has 1 atom stereocenters. The molecule has 1 N–H and O–H groups in total. The summed E-state index contributed by atoms with van der Waals surface area (Å²) in [6, 6.07) is 6.23. The summed E-state index contributed by atoms with van der Waals surface area (Å²) in [6.07, 6.45) is 6.11. The van der Waals surface area contributed by atoms with Gasteiger partial charge in [0.25, 0.3) is 0 Å². The number of phenols is 1. The van der Waals surface area contributed by atoms with Crippen molar-refractivity contribution in [3.63, 3.8) is 0 Å². The number of fused-ring (bicyclic) bond motifs is 1. The number of nitrogens with zero attached hydrogens (tertiary/aromatic N) is 1. The van der Waals surface area contributed by atoms with Crippen molar-refractivity contribution in [2.75, 3.05) is 13.1 Å². The minimum absolute atomic E-state index is 0.0122. The Morgan fingerprint density at radius 2 is 1.95 bits per heavy atom. The van der Waals surface area contributed by atoms with Gasteiger partial charge >= 0.3 is 0 Å². The average Bonchev–Trinajstić information content (AvgIpc) is 2.39. The largest absolute Gasteiger partial charge is 0.508 e. The number of rotatable bonds is 5. The first-order valence-electron chi connectivity index (χ1n) is 7.29. The van der Waals surface area contributed by atoms with Crippen LogP contribution in [0, 0.1) is 0 Å². The fourth-order valence-electron chi connectivity index (χ4n) is 3.51. The summed E-state index contributed by atoms with van der Waals surface area (Å²) in [5.41, 5.74) is 2.64. The molecule has 0 saturated heterocycles. The molecule has 1 aliphatic rings. The number of aryl methyl sites for hydroxylation is 1. The summed E-state index contributed by atoms with van der Waals surface area (Å²) in [7, 11) is 0. The van der Waals surface area contributed by atoms with Crippen LogP contribution in [-0.4, -0.2) is 29.1 Å². The van der Waals surface area contributed by atoms with E-state index in [0.29, 0.717) is 11.8 Å². The highest BCUT2D eigenvalue weighted by atomic mass is 16.3. The van der Waals surface area contributed by atoms with Crippen LogP contribution in [0.15, 0.2) is 43.5 Å². The summed E-state index contributed by atoms with van der Waals surface area (Å²) in [4.78, 5) is 2.42. The van der Waals surface area contributed by atoms with Crippen LogP contribution in [0.25, 0.3) is 0 Å². The van der Waals surface area contributed by atoms with E-state index in [9.17, 15) is 5.11 Å². The average molecular weight is 271 g/mol. The highest BCUT2D eigenvalue weighted by molar-refractivity contribution is 5.42. The zero-order valence-corrected chi connectivity index (χ0v) is 12.6. The monoisotopic (exact) mass is 271 g/mol. The summed E-state index contributed by atoms with van der Waals surface area (Å²) in [5, 5.41) is 9.81. The smallest absolute Gasteiger partial charge is 0.115 e. The predicted molar refractivity (Wildman–Crippen MR) is 85.2 cm³/mol. The molecule has 0 aromatic heterocycles. The van der Waals surface area contributed by atoms with E-state index >= 15 is 0 Å². The minimum Gasteiger partial charge on any atom is -0.508 e. The van der Waals surface area contributed by atoms with Gasteiger partial charge in [0.15, 0.2) is 0 Å². The molecule has 2 heteroatoms. The zero-order chi connectivity index (χ0) is 14.8. The van der Waals surface area contributed by atoms with Gasteiger partial charge in [0.05, 0.1) is 0 Å². The third kappa shape index (κ3) is 2.66. The van der Waals surface area contributed by atoms with E-state index < -0.39 is 0 Å². The molecule has 1 aliphatic carbocycles. The van der Waals surface area contributed by atoms with Crippen LogP contribution in [0.1, 0.15) is 31.4 Å². The van der Waals surface area contributed by atoms with Gasteiger partial charge in [0, 0.05) is 24.5 Å². The molecule has 0 radical (unpaired) electrons. The van der Waals surface area contributed by atoms with Gasteiger partial charge in [-0.05, 0) is 36.1 Å². The molecule has 0 bridgehead atoms. The number of aromatic hydroxyl groups is 1. The van der Waals surface area contributed by atoms with Gasteiger partial charge in [-0.1, -0.05) is 32.1 Å². The van der Waals surface area contributed by atoms with Crippen molar-refractivity contribution in [3.8, 4) is 5.75 Å². The number of hydrogen-bond acceptors (Lipinski definition) is 2. The molecule has 0 fully saturated rings. The maximum atomic E-state index is 9.81. The van der Waals surface area contributed by atoms with Crippen LogP contribution in [0.5, 0.6) is 5.75 Å². The number of phenolic OH excluding ortho intramolecular Hbond substituents is 1. The second kappa shape index (κ2) is 5.84. The Hall–Kier alpha value is -1.54. The first-order valence-corrected chi connectivity index (χ1v) is 7.29. The van der Waals surface area contributed by atoms with Crippen molar-refractivity contribution in [3.05, 3.63) is 54.6 Å². The zero-order valence-electron chi connectivity index (χ0n) is 12.6. The van der Waals surface area contributed by atoms with Gasteiger partial charge in [0.1, 0.15) is 5.75 Å². The van der Waals surface area contributed by atoms with Crippen LogP contribution in [0.2, 0.25) is 0 Å². The van der Waals surface area contributed by atoms with Gasteiger partial charge in [-0.2, -0.15) is 0 Å². The summed E-state index contributed by atoms with van der Waals surface area (Å²) >= 11 is 0. The molecule has 1 aromatic rings. The van der Waals surface area contributed by atoms with E-state index in [2.05, 4.69) is 38.0 Å². The summed E-state index contributed by atoms with van der Waals surface area (Å²) < 4.78 is 0. The van der Waals surface area contributed by atoms with Gasteiger partial charge < -0.3 is 5.11 Å². The molecule has 108 valence electrons. The van der Waals surface area contributed by atoms with Crippen LogP contribution in [0.4, 0.5) is 0 Å². The third-order valence-corrected chi connectivity index (χ3v) is 4.48. The lowest BCUT2D eigenvalue weighted by Crippen LogP contribution is -2.50. The van der Waals surface area contributed by atoms with E-state index in [0.717, 1.165) is 25.9 Å². The molecule has 0 spiro atoms. The maximum Gasteiger partial charge on any atom is 0.115 e. The molecular formula is C18H25NO. The van der Waals surface area contributed by atoms with Gasteiger partial charge in [-0.15, -0.1) is 13.2 Å². The van der Waals surface area contributed by atoms with E-state index in [-0.39, 0.29) is 5.41 Å². The first-order chi connectivity index (χ1) is 9.50. The normalized spacial score (nSPS) is 20.4. The molecule has 0 heterocycles. The highest BCUT2D eigenvalue weighted by Gasteiger charge is 2.39. The fourth-order valence-corrected chi connectivity index (χ4v) is 3.51. The quantitative estimate of drug-likeness (QED) is 0.826. The van der Waals surface area contributed by atoms with E-state index in [1.807, 2.05) is 18.2 Å². The molecule has 1 aromatic carbocycles. The first kappa shape index (κ1) is 14.9. The van der Waals surface area contributed by atoms with Crippen molar-refractivity contribution in [2.45, 2.75) is 38.1 Å². The van der Waals surface area contributed by atoms with Gasteiger partial charge in [-0.3, -0.25) is 4.90 Å². The van der Waals surface area contributed by atoms with Crippen molar-refractivity contribution < 1.29 is 5.11 Å². The second-order valence-electron chi connectivity index (χ2n) is 6.15. The van der Waals surface area contributed by atoms with E-state index in [4.69, 9.17) is 0 Å². The topological polar surface area (TPSA) is 23.5 Å². The SMILES string of the molecule is C=CCN(CC=C)[C@@H]1CCc2ccc(O)cc2C1(C)C. The van der Waals surface area contributed by atoms with E-state index in [1.165, 1.54) is 11.1 Å². The van der Waals surface area contributed by atoms with Crippen LogP contribution in [0.3, 0.4) is 0 Å². The Morgan fingerprint density at radius 3 is 2.55 bits per heavy atom. The molecule has 2 rings (SSSR count). The van der Waals surface area contributed by atoms with Crippen molar-refractivity contribution in [2.24, 2.45) is 0 Å². The van der Waals surface area contributed by atoms with Crippen LogP contribution < -0.4 is 0 Å². The van der Waals surface area contributed by atoms with E-state index in [1.54, 1.807) is 6.07 Å². The lowest BCUT2D eigenvalue weighted by Gasteiger charge is -2.46. The predicted octanol–water partition coefficient (Wildman–Crippen LogP) is 3.66. The second-order valence-corrected chi connectivity index (χ2v) is 6.15. The molecule has 2 nitrogen and oxygen atoms in total. The number of benzene rings is 1. The molecule has 0 amide bonds. The lowest BCUT2D eigenvalue weighted by atomic mass is 9.68. The summed E-state index contributed by atoms with van der Waals surface area (Å²) in [5.74, 6) is 0.358. The lowest BCUT2D eigenvalue weighted by molar-refractivity contribution is 0.143. The van der Waals surface area contributed by atoms with Crippen molar-refractivity contribution in [1.29, 1.82) is 0 Å². The molecule has 0 unspecified atom stereocenters. The standard InChI is InChI=1S/C18H25NO/c1-5-11-19(12-6-2)17-10-8-14-7-9-15(20)13-16(14)18(17,3)4/h5-7,9,13,17,20H,1-2,8,10-12H2,3-4H3/t17-/m1/s1. The Labute approximate surface area is 122 Å². The molecular weight excluding hydrogens is 246 g/mol. The Morgan fingerprint density at radius 1 is 1.30 bits per heavy atom. The Balaban J connectivity index is 2.38. The maximum absolute atomic E-state index is 9.81. The van der Waals surface area contributed by atoms with Crippen molar-refractivity contribution in [1.82, 2.24) is 4.90 Å². The fraction of sp³-hybridized carbons (Fsp3) is 0.444. The molecule has 20 heavy (non-hydrogen) atoms. The minimum atomic E-state index is 0.0122. The van der Waals surface area contributed by atoms with Crippen LogP contribution in [-0.2, 0) is 11.8 Å². The Bertz CT molecular complexity index is 494. The third-order valence-electron chi connectivity index (χ3n) is 4.48. The van der Waals surface area contributed by atoms with Crippen molar-refractivity contribution >= 4 is 0 Å². The van der Waals surface area contributed by atoms with Crippen LogP contribution >= 0.6 is 0 Å². The van der Waals surface area contributed by atoms with Gasteiger partial charge in [-0.25, -0.2) is 0 Å². The molecule has 0 aliphatic heterocycles. The highest BCUT2D eigenvalue weighted by Crippen LogP contribution is 2.40. The molecule has 0 saturated carbocycles. The van der Waals surface area contributed by atoms with Gasteiger partial charge in [0.2, 0.25) is 0 Å². The number of hydrogen-bond donors (Lipinski definition) is 1. The summed E-state index contributed by atoms with van der Waals surface area (Å²) in [6.45, 7) is 14.0.